The lowest BCUT2D eigenvalue weighted by Gasteiger charge is -2.10. The summed E-state index contributed by atoms with van der Waals surface area (Å²) in [6.07, 6.45) is 0.339. The molecule has 0 aliphatic heterocycles. The number of carboxylic acid groups (broad SMARTS) is 1. The molecule has 4 nitrogen and oxygen atoms in total. The molecule has 96 valence electrons. The van der Waals surface area contributed by atoms with E-state index in [2.05, 4.69) is 22.6 Å². The van der Waals surface area contributed by atoms with E-state index in [1.165, 1.54) is 0 Å². The second kappa shape index (κ2) is 6.63. The maximum absolute atomic E-state index is 11.8. The van der Waals surface area contributed by atoms with Gasteiger partial charge in [-0.05, 0) is 46.7 Å². The number of Topliss-reactive ketones (excluding diaryl/α,β-unsaturated/α-hetero) is 1. The van der Waals surface area contributed by atoms with E-state index in [9.17, 15) is 9.59 Å². The van der Waals surface area contributed by atoms with Gasteiger partial charge in [0.1, 0.15) is 5.92 Å². The number of ketones is 1. The summed E-state index contributed by atoms with van der Waals surface area (Å²) in [7, 11) is 0. The van der Waals surface area contributed by atoms with Crippen molar-refractivity contribution in [1.29, 1.82) is 5.41 Å². The van der Waals surface area contributed by atoms with Gasteiger partial charge >= 0.3 is 5.97 Å². The molecule has 2 N–H and O–H groups in total. The fraction of sp³-hybridized carbons (Fsp3) is 0.308. The molecule has 0 saturated heterocycles. The lowest BCUT2D eigenvalue weighted by atomic mass is 9.94. The van der Waals surface area contributed by atoms with Crippen molar-refractivity contribution in [3.63, 3.8) is 0 Å². The van der Waals surface area contributed by atoms with Crippen LogP contribution in [0.3, 0.4) is 0 Å². The first-order valence-electron chi connectivity index (χ1n) is 5.54. The van der Waals surface area contributed by atoms with E-state index in [0.717, 1.165) is 9.13 Å². The first-order chi connectivity index (χ1) is 8.45. The van der Waals surface area contributed by atoms with Gasteiger partial charge in [-0.15, -0.1) is 0 Å². The first kappa shape index (κ1) is 14.8. The Morgan fingerprint density at radius 2 is 1.89 bits per heavy atom. The molecule has 1 rings (SSSR count). The van der Waals surface area contributed by atoms with E-state index in [0.29, 0.717) is 0 Å². The van der Waals surface area contributed by atoms with Gasteiger partial charge in [0.05, 0.1) is 5.71 Å². The van der Waals surface area contributed by atoms with Gasteiger partial charge in [-0.3, -0.25) is 9.59 Å². The minimum atomic E-state index is -1.11. The normalized spacial score (nSPS) is 11.9. The average Bonchev–Trinajstić information content (AvgIpc) is 2.32. The van der Waals surface area contributed by atoms with Crippen LogP contribution in [-0.2, 0) is 16.0 Å². The lowest BCUT2D eigenvalue weighted by molar-refractivity contribution is -0.139. The van der Waals surface area contributed by atoms with Crippen molar-refractivity contribution in [3.05, 3.63) is 33.4 Å². The van der Waals surface area contributed by atoms with Crippen LogP contribution in [0.1, 0.15) is 18.9 Å². The minimum Gasteiger partial charge on any atom is -0.481 e. The van der Waals surface area contributed by atoms with E-state index >= 15 is 0 Å². The van der Waals surface area contributed by atoms with Crippen LogP contribution < -0.4 is 0 Å². The number of carbonyl (C=O) groups excluding carboxylic acids is 1. The van der Waals surface area contributed by atoms with Crippen molar-refractivity contribution in [2.45, 2.75) is 19.8 Å². The van der Waals surface area contributed by atoms with Crippen molar-refractivity contribution in [3.8, 4) is 0 Å². The van der Waals surface area contributed by atoms with Crippen molar-refractivity contribution in [2.24, 2.45) is 5.92 Å². The van der Waals surface area contributed by atoms with Gasteiger partial charge in [0.15, 0.2) is 5.78 Å². The third kappa shape index (κ3) is 3.90. The molecule has 0 aliphatic carbocycles. The van der Waals surface area contributed by atoms with Crippen LogP contribution in [0.5, 0.6) is 0 Å². The summed E-state index contributed by atoms with van der Waals surface area (Å²) in [4.78, 5) is 22.7. The van der Waals surface area contributed by atoms with Gasteiger partial charge in [-0.1, -0.05) is 19.1 Å². The van der Waals surface area contributed by atoms with Gasteiger partial charge in [0.2, 0.25) is 0 Å². The molecule has 0 unspecified atom stereocenters. The molecule has 0 fully saturated rings. The Balaban J connectivity index is 2.73. The Hall–Kier alpha value is -1.24. The zero-order chi connectivity index (χ0) is 13.7. The molecule has 0 spiro atoms. The molecule has 5 heteroatoms. The average molecular weight is 359 g/mol. The van der Waals surface area contributed by atoms with Crippen molar-refractivity contribution in [2.75, 3.05) is 0 Å². The minimum absolute atomic E-state index is 0.0829. The molecule has 1 aromatic carbocycles. The molecular formula is C13H14INO3. The second-order valence-electron chi connectivity index (χ2n) is 3.94. The van der Waals surface area contributed by atoms with Crippen molar-refractivity contribution < 1.29 is 14.7 Å². The number of hydrogen-bond donors (Lipinski definition) is 2. The molecule has 18 heavy (non-hydrogen) atoms. The number of nitrogens with one attached hydrogen (secondary N) is 1. The van der Waals surface area contributed by atoms with Crippen LogP contribution in [0.2, 0.25) is 0 Å². The van der Waals surface area contributed by atoms with Gasteiger partial charge in [0.25, 0.3) is 0 Å². The standard InChI is InChI=1S/C13H14INO3/c1-2-10(13(17)18)12(15)11(16)7-8-3-5-9(14)6-4-8/h3-6,10,15H,2,7H2,1H3,(H,17,18)/t10-/m0/s1. The highest BCUT2D eigenvalue weighted by Crippen LogP contribution is 2.11. The van der Waals surface area contributed by atoms with Gasteiger partial charge in [-0.2, -0.15) is 0 Å². The monoisotopic (exact) mass is 359 g/mol. The number of benzene rings is 1. The predicted octanol–water partition coefficient (Wildman–Crippen LogP) is 2.53. The summed E-state index contributed by atoms with van der Waals surface area (Å²) in [5, 5.41) is 16.5. The molecule has 0 radical (unpaired) electrons. The largest absolute Gasteiger partial charge is 0.481 e. The molecule has 1 aromatic rings. The number of aliphatic carboxylic acids is 1. The van der Waals surface area contributed by atoms with Crippen LogP contribution >= 0.6 is 22.6 Å². The summed E-state index contributed by atoms with van der Waals surface area (Å²) >= 11 is 2.16. The predicted molar refractivity (Wildman–Crippen MR) is 77.0 cm³/mol. The SMILES string of the molecule is CC[C@@H](C(=N)C(=O)Cc1ccc(I)cc1)C(=O)O. The fourth-order valence-corrected chi connectivity index (χ4v) is 1.94. The summed E-state index contributed by atoms with van der Waals surface area (Å²) in [6.45, 7) is 1.66. The zero-order valence-electron chi connectivity index (χ0n) is 9.94. The van der Waals surface area contributed by atoms with E-state index < -0.39 is 17.7 Å². The van der Waals surface area contributed by atoms with E-state index in [1.807, 2.05) is 24.3 Å². The Kier molecular flexibility index (Phi) is 5.46. The number of halogens is 1. The molecule has 1 atom stereocenters. The number of carboxylic acids is 1. The summed E-state index contributed by atoms with van der Waals surface area (Å²) in [6, 6.07) is 7.38. The summed E-state index contributed by atoms with van der Waals surface area (Å²) in [5.41, 5.74) is 0.481. The van der Waals surface area contributed by atoms with Crippen LogP contribution in [0.25, 0.3) is 0 Å². The Morgan fingerprint density at radius 1 is 1.33 bits per heavy atom. The fourth-order valence-electron chi connectivity index (χ4n) is 1.58. The lowest BCUT2D eigenvalue weighted by Crippen LogP contribution is -2.30. The maximum Gasteiger partial charge on any atom is 0.312 e. The van der Waals surface area contributed by atoms with E-state index in [-0.39, 0.29) is 18.6 Å². The Bertz CT molecular complexity index is 468. The number of rotatable bonds is 6. The van der Waals surface area contributed by atoms with Crippen LogP contribution in [0, 0.1) is 14.9 Å². The smallest absolute Gasteiger partial charge is 0.312 e. The molecule has 0 amide bonds. The quantitative estimate of drug-likeness (QED) is 0.605. The van der Waals surface area contributed by atoms with Crippen LogP contribution in [-0.4, -0.2) is 22.6 Å². The summed E-state index contributed by atoms with van der Waals surface area (Å²) < 4.78 is 1.07. The van der Waals surface area contributed by atoms with Gasteiger partial charge in [0, 0.05) is 9.99 Å². The van der Waals surface area contributed by atoms with Crippen LogP contribution in [0.4, 0.5) is 0 Å². The highest BCUT2D eigenvalue weighted by atomic mass is 127. The number of hydrogen-bond acceptors (Lipinski definition) is 3. The Morgan fingerprint density at radius 3 is 2.33 bits per heavy atom. The number of carbonyl (C=O) groups is 2. The van der Waals surface area contributed by atoms with Crippen LogP contribution in [0.15, 0.2) is 24.3 Å². The third-order valence-electron chi connectivity index (χ3n) is 2.63. The Labute approximate surface area is 119 Å². The maximum atomic E-state index is 11.8. The first-order valence-corrected chi connectivity index (χ1v) is 6.62. The molecule has 0 heterocycles. The van der Waals surface area contributed by atoms with Gasteiger partial charge in [-0.25, -0.2) is 0 Å². The van der Waals surface area contributed by atoms with Gasteiger partial charge < -0.3 is 10.5 Å². The van der Waals surface area contributed by atoms with E-state index in [1.54, 1.807) is 6.92 Å². The molecule has 0 bridgehead atoms. The third-order valence-corrected chi connectivity index (χ3v) is 3.35. The van der Waals surface area contributed by atoms with Crippen molar-refractivity contribution >= 4 is 40.1 Å². The highest BCUT2D eigenvalue weighted by Gasteiger charge is 2.25. The molecule has 0 aromatic heterocycles. The summed E-state index contributed by atoms with van der Waals surface area (Å²) in [5.74, 6) is -2.54. The van der Waals surface area contributed by atoms with Crippen molar-refractivity contribution in [1.82, 2.24) is 0 Å². The van der Waals surface area contributed by atoms with E-state index in [4.69, 9.17) is 10.5 Å². The molecule has 0 aliphatic rings. The molecular weight excluding hydrogens is 345 g/mol. The molecule has 0 saturated carbocycles. The highest BCUT2D eigenvalue weighted by molar-refractivity contribution is 14.1. The topological polar surface area (TPSA) is 78.2 Å². The zero-order valence-corrected chi connectivity index (χ0v) is 12.1. The second-order valence-corrected chi connectivity index (χ2v) is 5.18.